The third-order valence-electron chi connectivity index (χ3n) is 3.74. The summed E-state index contributed by atoms with van der Waals surface area (Å²) in [5.74, 6) is 0.193. The first-order valence-electron chi connectivity index (χ1n) is 6.76. The molecule has 1 aliphatic heterocycles. The first-order chi connectivity index (χ1) is 8.65. The molecule has 0 spiro atoms. The monoisotopic (exact) mass is 253 g/mol. The lowest BCUT2D eigenvalue weighted by molar-refractivity contribution is 0.146. The Morgan fingerprint density at radius 1 is 1.22 bits per heavy atom. The maximum absolute atomic E-state index is 12.0. The fourth-order valence-corrected chi connectivity index (χ4v) is 2.69. The summed E-state index contributed by atoms with van der Waals surface area (Å²) >= 11 is 0. The number of carbonyl (C=O) groups excluding carboxylic acids is 1. The van der Waals surface area contributed by atoms with Crippen LogP contribution in [0.2, 0.25) is 0 Å². The van der Waals surface area contributed by atoms with E-state index in [-0.39, 0.29) is 11.9 Å². The molecule has 18 heavy (non-hydrogen) atoms. The number of nitrogens with two attached hydrogens (primary N) is 1. The molecule has 2 aliphatic rings. The molecule has 0 aromatic carbocycles. The molecule has 0 unspecified atom stereocenters. The largest absolute Gasteiger partial charge is 0.387 e. The van der Waals surface area contributed by atoms with Gasteiger partial charge in [0.25, 0.3) is 0 Å². The molecule has 1 aliphatic carbocycles. The summed E-state index contributed by atoms with van der Waals surface area (Å²) in [5.41, 5.74) is 5.38. The van der Waals surface area contributed by atoms with Crippen LogP contribution >= 0.6 is 0 Å². The molecule has 0 radical (unpaired) electrons. The lowest BCUT2D eigenvalue weighted by Gasteiger charge is -2.34. The van der Waals surface area contributed by atoms with Gasteiger partial charge in [-0.1, -0.05) is 12.8 Å². The van der Waals surface area contributed by atoms with Gasteiger partial charge in [-0.05, 0) is 12.8 Å². The second kappa shape index (κ2) is 6.04. The molecule has 102 valence electrons. The topological polar surface area (TPSA) is 85.5 Å². The predicted molar refractivity (Wildman–Crippen MR) is 70.7 cm³/mol. The molecule has 1 heterocycles. The average Bonchev–Trinajstić information content (AvgIpc) is 2.82. The van der Waals surface area contributed by atoms with Crippen molar-refractivity contribution in [1.29, 1.82) is 5.41 Å². The van der Waals surface area contributed by atoms with Gasteiger partial charge >= 0.3 is 6.03 Å². The molecule has 6 heteroatoms. The standard InChI is InChI=1S/C12H23N5O/c13-11(14)9-16-5-7-17(8-6-16)12(18)15-10-3-1-2-4-10/h10H,1-9H2,(H3,13,14)(H,15,18). The average molecular weight is 253 g/mol. The number of nitrogens with zero attached hydrogens (tertiary/aromatic N) is 2. The summed E-state index contributed by atoms with van der Waals surface area (Å²) in [6.07, 6.45) is 4.71. The Bertz CT molecular complexity index is 306. The molecule has 2 fully saturated rings. The zero-order valence-corrected chi connectivity index (χ0v) is 10.8. The summed E-state index contributed by atoms with van der Waals surface area (Å²) in [7, 11) is 0. The Morgan fingerprint density at radius 2 is 1.83 bits per heavy atom. The molecule has 0 atom stereocenters. The van der Waals surface area contributed by atoms with Crippen molar-refractivity contribution >= 4 is 11.9 Å². The quantitative estimate of drug-likeness (QED) is 0.496. The Balaban J connectivity index is 1.71. The van der Waals surface area contributed by atoms with Gasteiger partial charge in [-0.2, -0.15) is 0 Å². The number of urea groups is 1. The maximum Gasteiger partial charge on any atom is 0.317 e. The molecule has 0 bridgehead atoms. The minimum absolute atomic E-state index is 0.0735. The predicted octanol–water partition coefficient (Wildman–Crippen LogP) is 0.192. The number of amides is 2. The van der Waals surface area contributed by atoms with Crippen LogP contribution in [0, 0.1) is 5.41 Å². The highest BCUT2D eigenvalue weighted by molar-refractivity contribution is 5.79. The van der Waals surface area contributed by atoms with Crippen molar-refractivity contribution in [2.45, 2.75) is 31.7 Å². The van der Waals surface area contributed by atoms with Crippen LogP contribution in [0.1, 0.15) is 25.7 Å². The molecular weight excluding hydrogens is 230 g/mol. The third kappa shape index (κ3) is 3.60. The van der Waals surface area contributed by atoms with E-state index >= 15 is 0 Å². The second-order valence-electron chi connectivity index (χ2n) is 5.22. The fourth-order valence-electron chi connectivity index (χ4n) is 2.69. The van der Waals surface area contributed by atoms with E-state index in [9.17, 15) is 4.79 Å². The van der Waals surface area contributed by atoms with Crippen LogP contribution in [0.15, 0.2) is 0 Å². The number of rotatable bonds is 3. The van der Waals surface area contributed by atoms with Crippen LogP contribution in [0.5, 0.6) is 0 Å². The highest BCUT2D eigenvalue weighted by atomic mass is 16.2. The van der Waals surface area contributed by atoms with Gasteiger partial charge in [0, 0.05) is 32.2 Å². The van der Waals surface area contributed by atoms with Crippen LogP contribution in [0.25, 0.3) is 0 Å². The SMILES string of the molecule is N=C(N)CN1CCN(C(=O)NC2CCCC2)CC1. The van der Waals surface area contributed by atoms with Gasteiger partial charge in [-0.3, -0.25) is 10.3 Å². The maximum atomic E-state index is 12.0. The van der Waals surface area contributed by atoms with Gasteiger partial charge in [-0.15, -0.1) is 0 Å². The van der Waals surface area contributed by atoms with E-state index in [1.807, 2.05) is 4.90 Å². The van der Waals surface area contributed by atoms with Crippen LogP contribution in [-0.2, 0) is 0 Å². The van der Waals surface area contributed by atoms with E-state index < -0.39 is 0 Å². The van der Waals surface area contributed by atoms with Crippen molar-refractivity contribution in [1.82, 2.24) is 15.1 Å². The number of hydrogen-bond donors (Lipinski definition) is 3. The van der Waals surface area contributed by atoms with Gasteiger partial charge in [-0.25, -0.2) is 4.79 Å². The summed E-state index contributed by atoms with van der Waals surface area (Å²) in [6.45, 7) is 3.57. The fraction of sp³-hybridized carbons (Fsp3) is 0.833. The van der Waals surface area contributed by atoms with E-state index in [0.717, 1.165) is 39.0 Å². The Morgan fingerprint density at radius 3 is 2.39 bits per heavy atom. The Kier molecular flexibility index (Phi) is 4.41. The number of carbonyl (C=O) groups is 1. The van der Waals surface area contributed by atoms with Crippen molar-refractivity contribution in [3.8, 4) is 0 Å². The summed E-state index contributed by atoms with van der Waals surface area (Å²) < 4.78 is 0. The van der Waals surface area contributed by atoms with Gasteiger partial charge in [0.2, 0.25) is 0 Å². The number of nitrogens with one attached hydrogen (secondary N) is 2. The van der Waals surface area contributed by atoms with Gasteiger partial charge in [0.1, 0.15) is 5.84 Å². The highest BCUT2D eigenvalue weighted by Crippen LogP contribution is 2.18. The second-order valence-corrected chi connectivity index (χ2v) is 5.22. The molecule has 1 saturated carbocycles. The van der Waals surface area contributed by atoms with Crippen molar-refractivity contribution < 1.29 is 4.79 Å². The molecule has 6 nitrogen and oxygen atoms in total. The summed E-state index contributed by atoms with van der Waals surface area (Å²) in [4.78, 5) is 16.0. The third-order valence-corrected chi connectivity index (χ3v) is 3.74. The lowest BCUT2D eigenvalue weighted by atomic mass is 10.2. The number of piperazine rings is 1. The minimum atomic E-state index is 0.0735. The van der Waals surface area contributed by atoms with Crippen LogP contribution in [0.4, 0.5) is 4.79 Å². The summed E-state index contributed by atoms with van der Waals surface area (Å²) in [5, 5.41) is 10.4. The lowest BCUT2D eigenvalue weighted by Crippen LogP contribution is -2.54. The zero-order valence-electron chi connectivity index (χ0n) is 10.8. The van der Waals surface area contributed by atoms with Gasteiger partial charge < -0.3 is 16.0 Å². The van der Waals surface area contributed by atoms with Crippen LogP contribution in [0.3, 0.4) is 0 Å². The van der Waals surface area contributed by atoms with Crippen LogP contribution in [-0.4, -0.2) is 60.4 Å². The van der Waals surface area contributed by atoms with E-state index in [1.54, 1.807) is 0 Å². The highest BCUT2D eigenvalue weighted by Gasteiger charge is 2.24. The van der Waals surface area contributed by atoms with E-state index in [2.05, 4.69) is 10.2 Å². The normalized spacial score (nSPS) is 22.1. The minimum Gasteiger partial charge on any atom is -0.387 e. The van der Waals surface area contributed by atoms with Crippen molar-refractivity contribution in [2.75, 3.05) is 32.7 Å². The van der Waals surface area contributed by atoms with E-state index in [4.69, 9.17) is 11.1 Å². The van der Waals surface area contributed by atoms with E-state index in [0.29, 0.717) is 12.6 Å². The van der Waals surface area contributed by atoms with Crippen molar-refractivity contribution in [3.05, 3.63) is 0 Å². The molecule has 2 amide bonds. The first-order valence-corrected chi connectivity index (χ1v) is 6.76. The number of hydrogen-bond acceptors (Lipinski definition) is 3. The van der Waals surface area contributed by atoms with Crippen LogP contribution < -0.4 is 11.1 Å². The van der Waals surface area contributed by atoms with Crippen molar-refractivity contribution in [3.63, 3.8) is 0 Å². The molecule has 1 saturated heterocycles. The molecule has 0 aromatic heterocycles. The molecule has 0 aromatic rings. The Hall–Kier alpha value is -1.30. The Labute approximate surface area is 108 Å². The van der Waals surface area contributed by atoms with Crippen molar-refractivity contribution in [2.24, 2.45) is 5.73 Å². The molecule has 4 N–H and O–H groups in total. The zero-order chi connectivity index (χ0) is 13.0. The van der Waals surface area contributed by atoms with Gasteiger partial charge in [0.05, 0.1) is 6.54 Å². The van der Waals surface area contributed by atoms with E-state index in [1.165, 1.54) is 12.8 Å². The molecule has 2 rings (SSSR count). The first kappa shape index (κ1) is 13.1. The smallest absolute Gasteiger partial charge is 0.317 e. The van der Waals surface area contributed by atoms with Gasteiger partial charge in [0.15, 0.2) is 0 Å². The molecular formula is C12H23N5O. The summed E-state index contributed by atoms with van der Waals surface area (Å²) in [6, 6.07) is 0.456. The number of amidine groups is 1.